The molecule has 1 aliphatic carbocycles. The molecule has 2 aromatic rings. The fraction of sp³-hybridized carbons (Fsp3) is 0.118. The van der Waals surface area contributed by atoms with Crippen LogP contribution in [-0.2, 0) is 16.0 Å². The Hall–Kier alpha value is -2.35. The summed E-state index contributed by atoms with van der Waals surface area (Å²) in [5.41, 5.74) is 5.17. The van der Waals surface area contributed by atoms with Crippen molar-refractivity contribution in [2.24, 2.45) is 0 Å². The molecule has 0 bridgehead atoms. The molecule has 2 aliphatic rings. The molecule has 1 atom stereocenters. The van der Waals surface area contributed by atoms with Gasteiger partial charge in [0.25, 0.3) is 0 Å². The second-order valence-corrected chi connectivity index (χ2v) is 4.91. The molecule has 2 aromatic carbocycles. The minimum atomic E-state index is -0.194. The number of hydrogen-bond donors (Lipinski definition) is 0. The molecule has 1 heterocycles. The van der Waals surface area contributed by atoms with Gasteiger partial charge in [-0.05, 0) is 16.7 Å². The first-order valence-corrected chi connectivity index (χ1v) is 6.43. The van der Waals surface area contributed by atoms with E-state index in [1.165, 1.54) is 5.56 Å². The highest BCUT2D eigenvalue weighted by Crippen LogP contribution is 2.44. The summed E-state index contributed by atoms with van der Waals surface area (Å²) in [6, 6.07) is 18.0. The highest BCUT2D eigenvalue weighted by molar-refractivity contribution is 6.28. The van der Waals surface area contributed by atoms with Crippen molar-refractivity contribution < 1.29 is 9.53 Å². The Morgan fingerprint density at radius 3 is 2.53 bits per heavy atom. The summed E-state index contributed by atoms with van der Waals surface area (Å²) < 4.78 is 5.52. The fourth-order valence-corrected chi connectivity index (χ4v) is 3.01. The van der Waals surface area contributed by atoms with E-state index in [1.807, 2.05) is 42.5 Å². The molecule has 0 saturated carbocycles. The Morgan fingerprint density at radius 2 is 1.68 bits per heavy atom. The molecule has 1 aliphatic heterocycles. The van der Waals surface area contributed by atoms with Crippen LogP contribution in [0.3, 0.4) is 0 Å². The van der Waals surface area contributed by atoms with Crippen LogP contribution in [0.25, 0.3) is 11.1 Å². The molecule has 19 heavy (non-hydrogen) atoms. The van der Waals surface area contributed by atoms with E-state index in [0.29, 0.717) is 0 Å². The summed E-state index contributed by atoms with van der Waals surface area (Å²) >= 11 is 0. The average Bonchev–Trinajstić information content (AvgIpc) is 2.94. The number of carbonyl (C=O) groups is 1. The Labute approximate surface area is 111 Å². The van der Waals surface area contributed by atoms with E-state index in [4.69, 9.17) is 4.74 Å². The highest BCUT2D eigenvalue weighted by Gasteiger charge is 2.40. The predicted molar refractivity (Wildman–Crippen MR) is 73.3 cm³/mol. The molecule has 92 valence electrons. The van der Waals surface area contributed by atoms with Gasteiger partial charge in [0.05, 0.1) is 5.57 Å². The van der Waals surface area contributed by atoms with Crippen LogP contribution in [0.5, 0.6) is 0 Å². The lowest BCUT2D eigenvalue weighted by molar-refractivity contribution is -0.137. The number of hydrogen-bond acceptors (Lipinski definition) is 2. The van der Waals surface area contributed by atoms with Crippen molar-refractivity contribution in [3.05, 3.63) is 71.3 Å². The summed E-state index contributed by atoms with van der Waals surface area (Å²) in [5.74, 6) is -0.194. The smallest absolute Gasteiger partial charge is 0.339 e. The van der Waals surface area contributed by atoms with Crippen LogP contribution in [0.2, 0.25) is 0 Å². The maximum Gasteiger partial charge on any atom is 0.339 e. The SMILES string of the molecule is O=C1OC2Cc3ccccc3C2=C1c1ccccc1. The Bertz CT molecular complexity index is 698. The van der Waals surface area contributed by atoms with Crippen molar-refractivity contribution >= 4 is 17.1 Å². The molecule has 0 amide bonds. The van der Waals surface area contributed by atoms with Crippen LogP contribution in [0, 0.1) is 0 Å². The van der Waals surface area contributed by atoms with E-state index in [9.17, 15) is 4.79 Å². The summed E-state index contributed by atoms with van der Waals surface area (Å²) in [6.45, 7) is 0. The van der Waals surface area contributed by atoms with Gasteiger partial charge < -0.3 is 4.74 Å². The molecule has 0 spiro atoms. The van der Waals surface area contributed by atoms with E-state index in [-0.39, 0.29) is 12.1 Å². The number of fused-ring (bicyclic) bond motifs is 3. The normalized spacial score (nSPS) is 20.2. The van der Waals surface area contributed by atoms with Gasteiger partial charge in [0.15, 0.2) is 0 Å². The average molecular weight is 248 g/mol. The zero-order valence-electron chi connectivity index (χ0n) is 10.3. The standard InChI is InChI=1S/C17H12O2/c18-17-15(11-6-2-1-3-7-11)16-13-9-5-4-8-12(13)10-14(16)19-17/h1-9,14H,10H2. The molecule has 0 radical (unpaired) electrons. The minimum Gasteiger partial charge on any atom is -0.453 e. The van der Waals surface area contributed by atoms with E-state index < -0.39 is 0 Å². The fourth-order valence-electron chi connectivity index (χ4n) is 3.01. The van der Waals surface area contributed by atoms with Crippen molar-refractivity contribution in [1.82, 2.24) is 0 Å². The molecular weight excluding hydrogens is 236 g/mol. The number of ether oxygens (including phenoxy) is 1. The maximum atomic E-state index is 12.1. The molecule has 4 rings (SSSR count). The third-order valence-electron chi connectivity index (χ3n) is 3.82. The first-order chi connectivity index (χ1) is 9.34. The molecule has 1 unspecified atom stereocenters. The Balaban J connectivity index is 1.98. The number of rotatable bonds is 1. The van der Waals surface area contributed by atoms with Gasteiger partial charge in [-0.15, -0.1) is 0 Å². The van der Waals surface area contributed by atoms with Crippen LogP contribution in [0.4, 0.5) is 0 Å². The van der Waals surface area contributed by atoms with Crippen molar-refractivity contribution in [2.45, 2.75) is 12.5 Å². The molecule has 0 aromatic heterocycles. The van der Waals surface area contributed by atoms with Crippen LogP contribution in [0.15, 0.2) is 54.6 Å². The third kappa shape index (κ3) is 1.46. The number of benzene rings is 2. The van der Waals surface area contributed by atoms with Gasteiger partial charge >= 0.3 is 5.97 Å². The lowest BCUT2D eigenvalue weighted by atomic mass is 9.97. The first kappa shape index (κ1) is 10.6. The molecule has 0 saturated heterocycles. The van der Waals surface area contributed by atoms with Crippen LogP contribution >= 0.6 is 0 Å². The second kappa shape index (κ2) is 3.82. The zero-order chi connectivity index (χ0) is 12.8. The van der Waals surface area contributed by atoms with Gasteiger partial charge in [-0.1, -0.05) is 54.6 Å². The molecular formula is C17H12O2. The molecule has 0 fully saturated rings. The van der Waals surface area contributed by atoms with Gasteiger partial charge in [0.2, 0.25) is 0 Å². The van der Waals surface area contributed by atoms with Gasteiger partial charge in [0, 0.05) is 12.0 Å². The van der Waals surface area contributed by atoms with E-state index in [2.05, 4.69) is 12.1 Å². The van der Waals surface area contributed by atoms with Gasteiger partial charge in [0.1, 0.15) is 6.10 Å². The topological polar surface area (TPSA) is 26.3 Å². The summed E-state index contributed by atoms with van der Waals surface area (Å²) in [7, 11) is 0. The van der Waals surface area contributed by atoms with Crippen molar-refractivity contribution in [3.8, 4) is 0 Å². The summed E-state index contributed by atoms with van der Waals surface area (Å²) in [4.78, 5) is 12.1. The van der Waals surface area contributed by atoms with E-state index in [0.717, 1.165) is 28.7 Å². The van der Waals surface area contributed by atoms with Crippen LogP contribution in [-0.4, -0.2) is 12.1 Å². The molecule has 2 nitrogen and oxygen atoms in total. The maximum absolute atomic E-state index is 12.1. The summed E-state index contributed by atoms with van der Waals surface area (Å²) in [6.07, 6.45) is 0.702. The Kier molecular flexibility index (Phi) is 2.12. The van der Waals surface area contributed by atoms with Crippen LogP contribution in [0.1, 0.15) is 16.7 Å². The van der Waals surface area contributed by atoms with Gasteiger partial charge in [-0.25, -0.2) is 4.79 Å². The zero-order valence-corrected chi connectivity index (χ0v) is 10.3. The number of carbonyl (C=O) groups excluding carboxylic acids is 1. The van der Waals surface area contributed by atoms with Crippen LogP contribution < -0.4 is 0 Å². The second-order valence-electron chi connectivity index (χ2n) is 4.91. The highest BCUT2D eigenvalue weighted by atomic mass is 16.5. The summed E-state index contributed by atoms with van der Waals surface area (Å²) in [5, 5.41) is 0. The third-order valence-corrected chi connectivity index (χ3v) is 3.82. The van der Waals surface area contributed by atoms with Crippen molar-refractivity contribution in [3.63, 3.8) is 0 Å². The lowest BCUT2D eigenvalue weighted by Crippen LogP contribution is -2.08. The largest absolute Gasteiger partial charge is 0.453 e. The van der Waals surface area contributed by atoms with Gasteiger partial charge in [-0.2, -0.15) is 0 Å². The molecule has 0 N–H and O–H groups in total. The van der Waals surface area contributed by atoms with Gasteiger partial charge in [-0.3, -0.25) is 0 Å². The Morgan fingerprint density at radius 1 is 0.947 bits per heavy atom. The van der Waals surface area contributed by atoms with E-state index in [1.54, 1.807) is 0 Å². The van der Waals surface area contributed by atoms with Crippen molar-refractivity contribution in [1.29, 1.82) is 0 Å². The molecule has 2 heteroatoms. The van der Waals surface area contributed by atoms with Crippen molar-refractivity contribution in [2.75, 3.05) is 0 Å². The predicted octanol–water partition coefficient (Wildman–Crippen LogP) is 3.08. The quantitative estimate of drug-likeness (QED) is 0.725. The lowest BCUT2D eigenvalue weighted by Gasteiger charge is -2.03. The first-order valence-electron chi connectivity index (χ1n) is 6.43. The van der Waals surface area contributed by atoms with E-state index >= 15 is 0 Å². The number of esters is 1. The monoisotopic (exact) mass is 248 g/mol. The minimum absolute atomic E-state index is 0.0971.